The van der Waals surface area contributed by atoms with Gasteiger partial charge in [-0.15, -0.1) is 16.8 Å². The molecule has 6 heteroatoms. The number of rotatable bonds is 7. The van der Waals surface area contributed by atoms with E-state index in [9.17, 15) is 4.79 Å². The van der Waals surface area contributed by atoms with Crippen molar-refractivity contribution in [1.29, 1.82) is 0 Å². The second kappa shape index (κ2) is 8.55. The number of carbonyl (C=O) groups is 1. The Bertz CT molecular complexity index is 980. The molecule has 0 amide bonds. The van der Waals surface area contributed by atoms with Gasteiger partial charge in [-0.2, -0.15) is 0 Å². The minimum atomic E-state index is 0.0821. The van der Waals surface area contributed by atoms with E-state index < -0.39 is 0 Å². The molecule has 1 heterocycles. The van der Waals surface area contributed by atoms with Crippen molar-refractivity contribution in [3.63, 3.8) is 0 Å². The molecule has 3 aromatic rings. The predicted octanol–water partition coefficient (Wildman–Crippen LogP) is 5.38. The highest BCUT2D eigenvalue weighted by molar-refractivity contribution is 7.99. The summed E-state index contributed by atoms with van der Waals surface area (Å²) in [6.45, 7) is 8.36. The summed E-state index contributed by atoms with van der Waals surface area (Å²) in [6.07, 6.45) is 1.79. The lowest BCUT2D eigenvalue weighted by atomic mass is 10.0. The molecular weight excluding hydrogens is 378 g/mol. The summed E-state index contributed by atoms with van der Waals surface area (Å²) in [5.41, 5.74) is 3.81. The zero-order chi connectivity index (χ0) is 19.4. The second-order valence-corrected chi connectivity index (χ2v) is 7.62. The number of benzene rings is 2. The van der Waals surface area contributed by atoms with Gasteiger partial charge < -0.3 is 0 Å². The molecule has 0 saturated carbocycles. The molecule has 1 aromatic heterocycles. The molecule has 0 unspecified atom stereocenters. The first-order valence-electron chi connectivity index (χ1n) is 8.53. The van der Waals surface area contributed by atoms with Crippen molar-refractivity contribution in [2.24, 2.45) is 0 Å². The summed E-state index contributed by atoms with van der Waals surface area (Å²) in [4.78, 5) is 12.6. The van der Waals surface area contributed by atoms with Crippen molar-refractivity contribution in [2.75, 3.05) is 5.75 Å². The van der Waals surface area contributed by atoms with Crippen molar-refractivity contribution in [3.8, 4) is 11.4 Å². The van der Waals surface area contributed by atoms with E-state index >= 15 is 0 Å². The average Bonchev–Trinajstić information content (AvgIpc) is 3.03. The van der Waals surface area contributed by atoms with E-state index in [4.69, 9.17) is 11.6 Å². The van der Waals surface area contributed by atoms with Gasteiger partial charge in [0.2, 0.25) is 0 Å². The SMILES string of the molecule is C=CCn1c(SCC(=O)c2ccc(C)cc2C)nnc1-c1ccc(Cl)cc1. The Morgan fingerprint density at radius 1 is 1.19 bits per heavy atom. The molecule has 0 saturated heterocycles. The number of Topliss-reactive ketones (excluding diaryl/α,β-unsaturated/α-hetero) is 1. The molecule has 2 aromatic carbocycles. The van der Waals surface area contributed by atoms with E-state index in [1.54, 1.807) is 6.08 Å². The van der Waals surface area contributed by atoms with Gasteiger partial charge >= 0.3 is 0 Å². The van der Waals surface area contributed by atoms with Gasteiger partial charge in [-0.1, -0.05) is 53.2 Å². The monoisotopic (exact) mass is 397 g/mol. The Balaban J connectivity index is 1.81. The van der Waals surface area contributed by atoms with Crippen LogP contribution in [0.2, 0.25) is 5.02 Å². The van der Waals surface area contributed by atoms with Gasteiger partial charge in [-0.05, 0) is 43.7 Å². The fraction of sp³-hybridized carbons (Fsp3) is 0.190. The lowest BCUT2D eigenvalue weighted by Gasteiger charge is -2.08. The van der Waals surface area contributed by atoms with E-state index in [-0.39, 0.29) is 5.78 Å². The first-order chi connectivity index (χ1) is 13.0. The van der Waals surface area contributed by atoms with Crippen LogP contribution >= 0.6 is 23.4 Å². The first-order valence-corrected chi connectivity index (χ1v) is 9.89. The normalized spacial score (nSPS) is 10.8. The molecule has 0 fully saturated rings. The molecule has 0 radical (unpaired) electrons. The molecule has 27 heavy (non-hydrogen) atoms. The molecule has 138 valence electrons. The Labute approximate surface area is 168 Å². The van der Waals surface area contributed by atoms with Crippen molar-refractivity contribution in [1.82, 2.24) is 14.8 Å². The first kappa shape index (κ1) is 19.4. The van der Waals surface area contributed by atoms with Crippen LogP contribution in [0.25, 0.3) is 11.4 Å². The Morgan fingerprint density at radius 3 is 2.59 bits per heavy atom. The van der Waals surface area contributed by atoms with Gasteiger partial charge in [0.05, 0.1) is 5.75 Å². The summed E-state index contributed by atoms with van der Waals surface area (Å²) in [5.74, 6) is 1.12. The number of hydrogen-bond donors (Lipinski definition) is 0. The minimum Gasteiger partial charge on any atom is -0.298 e. The van der Waals surface area contributed by atoms with Crippen LogP contribution in [-0.2, 0) is 6.54 Å². The molecule has 0 N–H and O–H groups in total. The summed E-state index contributed by atoms with van der Waals surface area (Å²) in [7, 11) is 0. The maximum atomic E-state index is 12.6. The van der Waals surface area contributed by atoms with Gasteiger partial charge in [0.15, 0.2) is 16.8 Å². The summed E-state index contributed by atoms with van der Waals surface area (Å²) in [6, 6.07) is 13.3. The number of aromatic nitrogens is 3. The molecule has 0 aliphatic heterocycles. The van der Waals surface area contributed by atoms with Gasteiger partial charge in [-0.25, -0.2) is 0 Å². The van der Waals surface area contributed by atoms with Crippen LogP contribution in [0.15, 0.2) is 60.3 Å². The maximum Gasteiger partial charge on any atom is 0.192 e. The third-order valence-corrected chi connectivity index (χ3v) is 5.36. The third kappa shape index (κ3) is 4.49. The van der Waals surface area contributed by atoms with Crippen LogP contribution in [-0.4, -0.2) is 26.3 Å². The third-order valence-electron chi connectivity index (χ3n) is 4.15. The maximum absolute atomic E-state index is 12.6. The van der Waals surface area contributed by atoms with Crippen LogP contribution < -0.4 is 0 Å². The molecule has 0 bridgehead atoms. The lowest BCUT2D eigenvalue weighted by Crippen LogP contribution is -2.07. The standard InChI is InChI=1S/C21H20ClN3OS/c1-4-11-25-20(16-6-8-17(22)9-7-16)23-24-21(25)27-13-19(26)18-10-5-14(2)12-15(18)3/h4-10,12H,1,11,13H2,2-3H3. The summed E-state index contributed by atoms with van der Waals surface area (Å²) in [5, 5.41) is 9.94. The zero-order valence-electron chi connectivity index (χ0n) is 15.3. The Kier molecular flexibility index (Phi) is 6.14. The number of allylic oxidation sites excluding steroid dienone is 1. The Hall–Kier alpha value is -2.37. The minimum absolute atomic E-state index is 0.0821. The molecule has 3 rings (SSSR count). The molecule has 0 aliphatic rings. The highest BCUT2D eigenvalue weighted by Crippen LogP contribution is 2.26. The van der Waals surface area contributed by atoms with E-state index in [2.05, 4.69) is 16.8 Å². The number of ketones is 1. The van der Waals surface area contributed by atoms with E-state index in [1.165, 1.54) is 11.8 Å². The van der Waals surface area contributed by atoms with Crippen LogP contribution in [0.5, 0.6) is 0 Å². The second-order valence-electron chi connectivity index (χ2n) is 6.24. The van der Waals surface area contributed by atoms with Crippen molar-refractivity contribution < 1.29 is 4.79 Å². The fourth-order valence-corrected chi connectivity index (χ4v) is 3.79. The van der Waals surface area contributed by atoms with Crippen LogP contribution in [0.1, 0.15) is 21.5 Å². The quantitative estimate of drug-likeness (QED) is 0.305. The largest absolute Gasteiger partial charge is 0.298 e. The topological polar surface area (TPSA) is 47.8 Å². The van der Waals surface area contributed by atoms with Crippen LogP contribution in [0.4, 0.5) is 0 Å². The van der Waals surface area contributed by atoms with E-state index in [0.29, 0.717) is 22.5 Å². The van der Waals surface area contributed by atoms with Crippen molar-refractivity contribution in [2.45, 2.75) is 25.5 Å². The predicted molar refractivity (Wildman–Crippen MR) is 112 cm³/mol. The van der Waals surface area contributed by atoms with Gasteiger partial charge in [0.1, 0.15) is 0 Å². The smallest absolute Gasteiger partial charge is 0.192 e. The van der Waals surface area contributed by atoms with Crippen LogP contribution in [0.3, 0.4) is 0 Å². The molecule has 0 aliphatic carbocycles. The highest BCUT2D eigenvalue weighted by Gasteiger charge is 2.16. The molecular formula is C21H20ClN3OS. The van der Waals surface area contributed by atoms with Crippen molar-refractivity contribution in [3.05, 3.63) is 76.8 Å². The van der Waals surface area contributed by atoms with E-state index in [1.807, 2.05) is 60.9 Å². The zero-order valence-corrected chi connectivity index (χ0v) is 16.8. The number of nitrogens with zero attached hydrogens (tertiary/aromatic N) is 3. The van der Waals surface area contributed by atoms with Gasteiger partial charge in [0, 0.05) is 22.7 Å². The summed E-state index contributed by atoms with van der Waals surface area (Å²) >= 11 is 7.36. The molecule has 0 atom stereocenters. The number of carbonyl (C=O) groups excluding carboxylic acids is 1. The number of aryl methyl sites for hydroxylation is 2. The number of hydrogen-bond acceptors (Lipinski definition) is 4. The van der Waals surface area contributed by atoms with Gasteiger partial charge in [-0.3, -0.25) is 9.36 Å². The number of thioether (sulfide) groups is 1. The molecule has 0 spiro atoms. The lowest BCUT2D eigenvalue weighted by molar-refractivity contribution is 0.102. The van der Waals surface area contributed by atoms with Crippen molar-refractivity contribution >= 4 is 29.1 Å². The number of halogens is 1. The fourth-order valence-electron chi connectivity index (χ4n) is 2.84. The highest BCUT2D eigenvalue weighted by atomic mass is 35.5. The average molecular weight is 398 g/mol. The molecule has 4 nitrogen and oxygen atoms in total. The summed E-state index contributed by atoms with van der Waals surface area (Å²) < 4.78 is 1.95. The van der Waals surface area contributed by atoms with Crippen LogP contribution in [0, 0.1) is 13.8 Å². The Morgan fingerprint density at radius 2 is 1.93 bits per heavy atom. The van der Waals surface area contributed by atoms with E-state index in [0.717, 1.165) is 28.1 Å². The van der Waals surface area contributed by atoms with Gasteiger partial charge in [0.25, 0.3) is 0 Å².